The predicted molar refractivity (Wildman–Crippen MR) is 115 cm³/mol. The van der Waals surface area contributed by atoms with E-state index in [2.05, 4.69) is 0 Å². The molecule has 1 atom stereocenters. The SMILES string of the molecule is COC(=O)CC(c1oc(CSc2cccc(OC)c2)cc(=O)c1O)C1CCCCC1. The van der Waals surface area contributed by atoms with E-state index in [0.717, 1.165) is 42.7 Å². The first-order valence-electron chi connectivity index (χ1n) is 10.2. The van der Waals surface area contributed by atoms with Gasteiger partial charge in [0.05, 0.1) is 26.4 Å². The second kappa shape index (κ2) is 10.6. The molecule has 1 saturated carbocycles. The van der Waals surface area contributed by atoms with Crippen molar-refractivity contribution in [2.75, 3.05) is 14.2 Å². The number of carbonyl (C=O) groups excluding carboxylic acids is 1. The minimum atomic E-state index is -0.483. The Morgan fingerprint density at radius 1 is 1.23 bits per heavy atom. The number of rotatable bonds is 8. The van der Waals surface area contributed by atoms with E-state index in [0.29, 0.717) is 11.5 Å². The van der Waals surface area contributed by atoms with Crippen molar-refractivity contribution in [3.63, 3.8) is 0 Å². The van der Waals surface area contributed by atoms with Crippen LogP contribution in [0.1, 0.15) is 56.0 Å². The highest BCUT2D eigenvalue weighted by Crippen LogP contribution is 2.41. The predicted octanol–water partition coefficient (Wildman–Crippen LogP) is 4.87. The Morgan fingerprint density at radius 2 is 2.00 bits per heavy atom. The number of hydrogen-bond acceptors (Lipinski definition) is 7. The highest BCUT2D eigenvalue weighted by Gasteiger charge is 2.32. The van der Waals surface area contributed by atoms with E-state index in [1.807, 2.05) is 24.3 Å². The van der Waals surface area contributed by atoms with Gasteiger partial charge in [0.1, 0.15) is 11.5 Å². The number of thioether (sulfide) groups is 1. The molecule has 7 heteroatoms. The number of benzene rings is 1. The Kier molecular flexibility index (Phi) is 7.85. The average molecular weight is 433 g/mol. The number of methoxy groups -OCH3 is 2. The molecule has 1 heterocycles. The molecule has 0 saturated heterocycles. The van der Waals surface area contributed by atoms with Crippen LogP contribution in [0.4, 0.5) is 0 Å². The lowest BCUT2D eigenvalue weighted by atomic mass is 9.77. The molecule has 1 aromatic heterocycles. The minimum Gasteiger partial charge on any atom is -0.502 e. The van der Waals surface area contributed by atoms with Crippen LogP contribution in [0.3, 0.4) is 0 Å². The number of ether oxygens (including phenoxy) is 2. The molecule has 2 aromatic rings. The van der Waals surface area contributed by atoms with Crippen molar-refractivity contribution in [1.29, 1.82) is 0 Å². The summed E-state index contributed by atoms with van der Waals surface area (Å²) in [5.74, 6) is 0.884. The molecular formula is C23H28O6S. The third-order valence-electron chi connectivity index (χ3n) is 5.59. The third-order valence-corrected chi connectivity index (χ3v) is 6.61. The largest absolute Gasteiger partial charge is 0.502 e. The average Bonchev–Trinajstić information content (AvgIpc) is 2.78. The zero-order valence-corrected chi connectivity index (χ0v) is 18.2. The van der Waals surface area contributed by atoms with Gasteiger partial charge in [-0.25, -0.2) is 0 Å². The van der Waals surface area contributed by atoms with Gasteiger partial charge in [-0.1, -0.05) is 25.3 Å². The maximum atomic E-state index is 12.5. The highest BCUT2D eigenvalue weighted by atomic mass is 32.2. The van der Waals surface area contributed by atoms with Gasteiger partial charge in [-0.05, 0) is 37.0 Å². The second-order valence-electron chi connectivity index (χ2n) is 7.54. The Hall–Kier alpha value is -2.41. The molecule has 3 rings (SSSR count). The van der Waals surface area contributed by atoms with Crippen LogP contribution in [-0.2, 0) is 15.3 Å². The summed E-state index contributed by atoms with van der Waals surface area (Å²) < 4.78 is 16.1. The molecule has 0 bridgehead atoms. The number of hydrogen-bond donors (Lipinski definition) is 1. The van der Waals surface area contributed by atoms with Crippen molar-refractivity contribution >= 4 is 17.7 Å². The molecule has 1 aliphatic carbocycles. The van der Waals surface area contributed by atoms with E-state index in [1.165, 1.54) is 24.9 Å². The van der Waals surface area contributed by atoms with Crippen LogP contribution >= 0.6 is 11.8 Å². The molecule has 0 amide bonds. The van der Waals surface area contributed by atoms with E-state index in [1.54, 1.807) is 7.11 Å². The summed E-state index contributed by atoms with van der Waals surface area (Å²) >= 11 is 1.51. The second-order valence-corrected chi connectivity index (χ2v) is 8.59. The summed E-state index contributed by atoms with van der Waals surface area (Å²) in [6.07, 6.45) is 5.26. The first-order valence-corrected chi connectivity index (χ1v) is 11.2. The van der Waals surface area contributed by atoms with Crippen LogP contribution in [0, 0.1) is 5.92 Å². The van der Waals surface area contributed by atoms with Crippen molar-refractivity contribution < 1.29 is 23.8 Å². The molecular weight excluding hydrogens is 404 g/mol. The van der Waals surface area contributed by atoms with E-state index < -0.39 is 11.2 Å². The van der Waals surface area contributed by atoms with Gasteiger partial charge in [0.15, 0.2) is 5.76 Å². The Balaban J connectivity index is 1.87. The molecule has 1 aromatic carbocycles. The lowest BCUT2D eigenvalue weighted by molar-refractivity contribution is -0.141. The van der Waals surface area contributed by atoms with Crippen molar-refractivity contribution in [3.8, 4) is 11.5 Å². The Bertz CT molecular complexity index is 916. The normalized spacial score (nSPS) is 15.5. The summed E-state index contributed by atoms with van der Waals surface area (Å²) in [5.41, 5.74) is -0.483. The van der Waals surface area contributed by atoms with Gasteiger partial charge in [0, 0.05) is 16.9 Å². The third kappa shape index (κ3) is 5.59. The van der Waals surface area contributed by atoms with Crippen molar-refractivity contribution in [1.82, 2.24) is 0 Å². The molecule has 1 N–H and O–H groups in total. The Morgan fingerprint density at radius 3 is 2.70 bits per heavy atom. The Labute approximate surface area is 180 Å². The molecule has 30 heavy (non-hydrogen) atoms. The standard InChI is InChI=1S/C23H28O6S/c1-27-16-9-6-10-18(11-16)30-14-17-12-20(24)22(26)23(29-17)19(13-21(25)28-2)15-7-4-3-5-8-15/h6,9-12,15,19,26H,3-5,7-8,13-14H2,1-2H3. The fourth-order valence-electron chi connectivity index (χ4n) is 4.00. The van der Waals surface area contributed by atoms with E-state index in [-0.39, 0.29) is 30.0 Å². The maximum Gasteiger partial charge on any atom is 0.306 e. The fourth-order valence-corrected chi connectivity index (χ4v) is 4.82. The molecule has 0 aliphatic heterocycles. The quantitative estimate of drug-likeness (QED) is 0.470. The van der Waals surface area contributed by atoms with E-state index >= 15 is 0 Å². The van der Waals surface area contributed by atoms with Gasteiger partial charge in [0.2, 0.25) is 11.2 Å². The van der Waals surface area contributed by atoms with Crippen LogP contribution in [0.25, 0.3) is 0 Å². The van der Waals surface area contributed by atoms with Crippen molar-refractivity contribution in [2.24, 2.45) is 5.92 Å². The minimum absolute atomic E-state index is 0.0874. The topological polar surface area (TPSA) is 86.0 Å². The number of carbonyl (C=O) groups is 1. The van der Waals surface area contributed by atoms with Gasteiger partial charge >= 0.3 is 5.97 Å². The first-order chi connectivity index (χ1) is 14.5. The molecule has 1 aliphatic rings. The summed E-state index contributed by atoms with van der Waals surface area (Å²) in [4.78, 5) is 25.5. The van der Waals surface area contributed by atoms with E-state index in [9.17, 15) is 14.7 Å². The van der Waals surface area contributed by atoms with E-state index in [4.69, 9.17) is 13.9 Å². The van der Waals surface area contributed by atoms with Gasteiger partial charge in [-0.2, -0.15) is 0 Å². The van der Waals surface area contributed by atoms with Gasteiger partial charge in [-0.3, -0.25) is 9.59 Å². The van der Waals surface area contributed by atoms with Gasteiger partial charge in [-0.15, -0.1) is 11.8 Å². The molecule has 1 unspecified atom stereocenters. The molecule has 1 fully saturated rings. The molecule has 6 nitrogen and oxygen atoms in total. The summed E-state index contributed by atoms with van der Waals surface area (Å²) in [7, 11) is 2.96. The summed E-state index contributed by atoms with van der Waals surface area (Å²) in [6, 6.07) is 8.95. The van der Waals surface area contributed by atoms with Gasteiger partial charge in [0.25, 0.3) is 0 Å². The van der Waals surface area contributed by atoms with Crippen molar-refractivity contribution in [3.05, 3.63) is 52.1 Å². The number of aromatic hydroxyl groups is 1. The fraction of sp³-hybridized carbons (Fsp3) is 0.478. The lowest BCUT2D eigenvalue weighted by Crippen LogP contribution is -2.22. The zero-order valence-electron chi connectivity index (χ0n) is 17.4. The van der Waals surface area contributed by atoms with Crippen LogP contribution in [-0.4, -0.2) is 25.3 Å². The monoisotopic (exact) mass is 432 g/mol. The smallest absolute Gasteiger partial charge is 0.306 e. The molecule has 0 spiro atoms. The van der Waals surface area contributed by atoms with Crippen LogP contribution < -0.4 is 10.2 Å². The van der Waals surface area contributed by atoms with Crippen molar-refractivity contribution in [2.45, 2.75) is 55.1 Å². The maximum absolute atomic E-state index is 12.5. The highest BCUT2D eigenvalue weighted by molar-refractivity contribution is 7.98. The van der Waals surface area contributed by atoms with Crippen LogP contribution in [0.2, 0.25) is 0 Å². The number of esters is 1. The summed E-state index contributed by atoms with van der Waals surface area (Å²) in [6.45, 7) is 0. The first kappa shape index (κ1) is 22.3. The van der Waals surface area contributed by atoms with Gasteiger partial charge < -0.3 is 19.0 Å². The molecule has 0 radical (unpaired) electrons. The molecule has 162 valence electrons. The van der Waals surface area contributed by atoms with Crippen LogP contribution in [0.5, 0.6) is 11.5 Å². The van der Waals surface area contributed by atoms with Crippen LogP contribution in [0.15, 0.2) is 44.4 Å². The zero-order chi connectivity index (χ0) is 21.5. The lowest BCUT2D eigenvalue weighted by Gasteiger charge is -2.29. The summed E-state index contributed by atoms with van der Waals surface area (Å²) in [5, 5.41) is 10.5.